The highest BCUT2D eigenvalue weighted by Crippen LogP contribution is 2.88. The first-order valence-electron chi connectivity index (χ1n) is 9.94. The standard InChI is InChI=1S/C24H22O2/c1-25-17-10-6-14(7-11-17)12-20-21-18-4-2-3-5-19(18)22(20)24-16-9-8-15(13-16)23(21,24)26-24/h2-7,10-12,15-16,21-22H,8-9,13H2,1H3. The summed E-state index contributed by atoms with van der Waals surface area (Å²) in [5, 5.41) is 0. The Hall–Kier alpha value is -2.06. The Kier molecular flexibility index (Phi) is 2.30. The van der Waals surface area contributed by atoms with Gasteiger partial charge in [-0.3, -0.25) is 0 Å². The summed E-state index contributed by atoms with van der Waals surface area (Å²) in [4.78, 5) is 0. The molecule has 26 heavy (non-hydrogen) atoms. The van der Waals surface area contributed by atoms with Gasteiger partial charge >= 0.3 is 0 Å². The van der Waals surface area contributed by atoms with Crippen LogP contribution in [0, 0.1) is 11.8 Å². The molecule has 2 aromatic rings. The maximum atomic E-state index is 6.76. The number of fused-ring (bicyclic) bond motifs is 7. The first-order valence-corrected chi connectivity index (χ1v) is 9.94. The Labute approximate surface area is 153 Å². The molecule has 2 aromatic carbocycles. The van der Waals surface area contributed by atoms with Gasteiger partial charge in [-0.15, -0.1) is 0 Å². The first-order chi connectivity index (χ1) is 12.8. The highest BCUT2D eigenvalue weighted by Gasteiger charge is 2.92. The molecule has 5 aliphatic rings. The summed E-state index contributed by atoms with van der Waals surface area (Å²) >= 11 is 0. The van der Waals surface area contributed by atoms with Crippen molar-refractivity contribution in [2.45, 2.75) is 42.3 Å². The summed E-state index contributed by atoms with van der Waals surface area (Å²) in [6.07, 6.45) is 6.59. The Morgan fingerprint density at radius 1 is 0.923 bits per heavy atom. The number of methoxy groups -OCH3 is 1. The van der Waals surface area contributed by atoms with Crippen LogP contribution in [0.25, 0.3) is 6.08 Å². The fourth-order valence-corrected chi connectivity index (χ4v) is 7.44. The zero-order valence-electron chi connectivity index (χ0n) is 14.9. The average molecular weight is 342 g/mol. The van der Waals surface area contributed by atoms with Crippen LogP contribution >= 0.6 is 0 Å². The van der Waals surface area contributed by atoms with Crippen molar-refractivity contribution in [3.05, 3.63) is 70.8 Å². The quantitative estimate of drug-likeness (QED) is 0.723. The van der Waals surface area contributed by atoms with Gasteiger partial charge in [-0.05, 0) is 65.5 Å². The third kappa shape index (κ3) is 1.27. The van der Waals surface area contributed by atoms with E-state index in [0.29, 0.717) is 11.8 Å². The minimum absolute atomic E-state index is 0.132. The van der Waals surface area contributed by atoms with E-state index in [9.17, 15) is 0 Å². The van der Waals surface area contributed by atoms with Crippen LogP contribution < -0.4 is 4.74 Å². The third-order valence-electron chi connectivity index (χ3n) is 8.14. The summed E-state index contributed by atoms with van der Waals surface area (Å²) in [7, 11) is 1.72. The predicted molar refractivity (Wildman–Crippen MR) is 100 cm³/mol. The van der Waals surface area contributed by atoms with E-state index < -0.39 is 0 Å². The summed E-state index contributed by atoms with van der Waals surface area (Å²) in [6, 6.07) is 17.6. The molecule has 1 aliphatic heterocycles. The van der Waals surface area contributed by atoms with Crippen molar-refractivity contribution >= 4 is 6.08 Å². The lowest BCUT2D eigenvalue weighted by Gasteiger charge is -2.29. The van der Waals surface area contributed by atoms with Gasteiger partial charge in [0, 0.05) is 11.8 Å². The Bertz CT molecular complexity index is 923. The highest BCUT2D eigenvalue weighted by molar-refractivity contribution is 5.74. The van der Waals surface area contributed by atoms with Gasteiger partial charge < -0.3 is 9.47 Å². The van der Waals surface area contributed by atoms with Gasteiger partial charge in [0.05, 0.1) is 7.11 Å². The van der Waals surface area contributed by atoms with E-state index in [4.69, 9.17) is 9.47 Å². The Morgan fingerprint density at radius 3 is 2.12 bits per heavy atom. The smallest absolute Gasteiger partial charge is 0.118 e. The second-order valence-electron chi connectivity index (χ2n) is 8.81. The average Bonchev–Trinajstić information content (AvgIpc) is 2.98. The molecule has 2 nitrogen and oxygen atoms in total. The van der Waals surface area contributed by atoms with Crippen LogP contribution in [-0.4, -0.2) is 18.3 Å². The summed E-state index contributed by atoms with van der Waals surface area (Å²) < 4.78 is 12.1. The van der Waals surface area contributed by atoms with Crippen LogP contribution in [-0.2, 0) is 4.74 Å². The van der Waals surface area contributed by atoms with Crippen LogP contribution in [0.4, 0.5) is 0 Å². The molecule has 4 aliphatic carbocycles. The van der Waals surface area contributed by atoms with E-state index in [1.807, 2.05) is 0 Å². The van der Waals surface area contributed by atoms with Crippen molar-refractivity contribution < 1.29 is 9.47 Å². The molecular formula is C24H22O2. The Morgan fingerprint density at radius 2 is 1.54 bits per heavy atom. The molecule has 1 heterocycles. The van der Waals surface area contributed by atoms with Crippen LogP contribution in [0.15, 0.2) is 54.1 Å². The van der Waals surface area contributed by atoms with Crippen molar-refractivity contribution in [3.63, 3.8) is 0 Å². The van der Waals surface area contributed by atoms with E-state index >= 15 is 0 Å². The molecule has 0 spiro atoms. The van der Waals surface area contributed by atoms with Gasteiger partial charge in [-0.2, -0.15) is 0 Å². The lowest BCUT2D eigenvalue weighted by molar-refractivity contribution is 0.134. The predicted octanol–water partition coefficient (Wildman–Crippen LogP) is 4.91. The number of epoxide rings is 1. The Balaban J connectivity index is 1.42. The molecule has 3 saturated carbocycles. The lowest BCUT2D eigenvalue weighted by Crippen LogP contribution is -2.36. The summed E-state index contributed by atoms with van der Waals surface area (Å²) in [6.45, 7) is 0. The van der Waals surface area contributed by atoms with E-state index in [1.165, 1.54) is 36.0 Å². The third-order valence-corrected chi connectivity index (χ3v) is 8.14. The second-order valence-corrected chi connectivity index (χ2v) is 8.81. The van der Waals surface area contributed by atoms with E-state index in [2.05, 4.69) is 54.6 Å². The van der Waals surface area contributed by atoms with E-state index in [0.717, 1.165) is 17.6 Å². The summed E-state index contributed by atoms with van der Waals surface area (Å²) in [5.74, 6) is 3.41. The lowest BCUT2D eigenvalue weighted by atomic mass is 9.69. The van der Waals surface area contributed by atoms with Gasteiger partial charge in [0.1, 0.15) is 17.0 Å². The zero-order valence-corrected chi connectivity index (χ0v) is 14.9. The number of ether oxygens (including phenoxy) is 2. The zero-order chi connectivity index (χ0) is 17.1. The van der Waals surface area contributed by atoms with Gasteiger partial charge in [-0.1, -0.05) is 42.5 Å². The molecule has 0 amide bonds. The van der Waals surface area contributed by atoms with Crippen LogP contribution in [0.3, 0.4) is 0 Å². The molecule has 1 saturated heterocycles. The molecule has 4 bridgehead atoms. The van der Waals surface area contributed by atoms with E-state index in [-0.39, 0.29) is 11.2 Å². The topological polar surface area (TPSA) is 21.8 Å². The van der Waals surface area contributed by atoms with Crippen molar-refractivity contribution in [2.75, 3.05) is 7.11 Å². The molecule has 4 fully saturated rings. The molecular weight excluding hydrogens is 320 g/mol. The maximum absolute atomic E-state index is 6.76. The second kappa shape index (κ2) is 4.26. The minimum Gasteiger partial charge on any atom is -0.497 e. The van der Waals surface area contributed by atoms with Gasteiger partial charge in [0.25, 0.3) is 0 Å². The SMILES string of the molecule is COc1ccc(C=C2C3c4ccccc4C2C24OC32C2CCC4C2)cc1. The fraction of sp³-hybridized carbons (Fsp3) is 0.417. The number of hydrogen-bond donors (Lipinski definition) is 0. The molecule has 0 N–H and O–H groups in total. The van der Waals surface area contributed by atoms with Crippen LogP contribution in [0.1, 0.15) is 47.8 Å². The molecule has 0 aromatic heterocycles. The van der Waals surface area contributed by atoms with Crippen LogP contribution in [0.2, 0.25) is 0 Å². The van der Waals surface area contributed by atoms with Gasteiger partial charge in [0.2, 0.25) is 0 Å². The van der Waals surface area contributed by atoms with Gasteiger partial charge in [-0.25, -0.2) is 0 Å². The summed E-state index contributed by atoms with van der Waals surface area (Å²) in [5.41, 5.74) is 6.23. The molecule has 7 rings (SSSR count). The maximum Gasteiger partial charge on any atom is 0.118 e. The van der Waals surface area contributed by atoms with Crippen LogP contribution in [0.5, 0.6) is 5.75 Å². The highest BCUT2D eigenvalue weighted by atomic mass is 16.6. The normalized spacial score (nSPS) is 42.4. The fourth-order valence-electron chi connectivity index (χ4n) is 7.44. The molecule has 6 unspecified atom stereocenters. The van der Waals surface area contributed by atoms with Crippen molar-refractivity contribution in [3.8, 4) is 5.75 Å². The molecule has 6 atom stereocenters. The van der Waals surface area contributed by atoms with Crippen molar-refractivity contribution in [1.29, 1.82) is 0 Å². The molecule has 130 valence electrons. The number of hydrogen-bond acceptors (Lipinski definition) is 2. The monoisotopic (exact) mass is 342 g/mol. The van der Waals surface area contributed by atoms with Gasteiger partial charge in [0.15, 0.2) is 0 Å². The largest absolute Gasteiger partial charge is 0.497 e. The van der Waals surface area contributed by atoms with E-state index in [1.54, 1.807) is 12.7 Å². The van der Waals surface area contributed by atoms with Crippen molar-refractivity contribution in [1.82, 2.24) is 0 Å². The number of rotatable bonds is 2. The molecule has 0 radical (unpaired) electrons. The van der Waals surface area contributed by atoms with Crippen molar-refractivity contribution in [2.24, 2.45) is 11.8 Å². The molecule has 2 heteroatoms. The minimum atomic E-state index is 0.132. The first kappa shape index (κ1) is 14.1. The number of benzene rings is 2.